The molecule has 0 aliphatic carbocycles. The van der Waals surface area contributed by atoms with E-state index in [2.05, 4.69) is 12.2 Å². The minimum Gasteiger partial charge on any atom is -0.393 e. The van der Waals surface area contributed by atoms with Crippen LogP contribution in [0.1, 0.15) is 20.3 Å². The molecule has 1 rings (SSSR count). The number of thiocarbonyl (C=S) groups is 1. The number of hydrogen-bond donors (Lipinski definition) is 1. The summed E-state index contributed by atoms with van der Waals surface area (Å²) in [7, 11) is -4.47. The van der Waals surface area contributed by atoms with E-state index in [9.17, 15) is 21.6 Å². The van der Waals surface area contributed by atoms with Gasteiger partial charge in [0.25, 0.3) is 0 Å². The Morgan fingerprint density at radius 3 is 2.14 bits per heavy atom. The van der Waals surface area contributed by atoms with Crippen LogP contribution in [-0.4, -0.2) is 30.3 Å². The molecule has 118 valence electrons. The SMILES string of the molecule is CC(C)N(CCC(N)=S)S(=O)(=O)c1c(F)cc(F)cc1F. The summed E-state index contributed by atoms with van der Waals surface area (Å²) < 4.78 is 65.9. The van der Waals surface area contributed by atoms with E-state index in [1.807, 2.05) is 0 Å². The Morgan fingerprint density at radius 1 is 1.29 bits per heavy atom. The zero-order valence-electron chi connectivity index (χ0n) is 11.4. The fourth-order valence-corrected chi connectivity index (χ4v) is 3.59. The Labute approximate surface area is 126 Å². The normalized spacial score (nSPS) is 12.1. The molecule has 0 heterocycles. The highest BCUT2D eigenvalue weighted by molar-refractivity contribution is 7.89. The van der Waals surface area contributed by atoms with Crippen LogP contribution >= 0.6 is 12.2 Å². The Balaban J connectivity index is 3.33. The first-order chi connectivity index (χ1) is 9.57. The standard InChI is InChI=1S/C12H15F3N2O2S2/c1-7(2)17(4-3-11(16)20)21(18,19)12-9(14)5-8(13)6-10(12)15/h5-7H,3-4H2,1-2H3,(H2,16,20). The fraction of sp³-hybridized carbons (Fsp3) is 0.417. The molecule has 0 spiro atoms. The minimum atomic E-state index is -4.47. The summed E-state index contributed by atoms with van der Waals surface area (Å²) in [6, 6.07) is 0.0672. The maximum Gasteiger partial charge on any atom is 0.249 e. The molecule has 0 radical (unpaired) electrons. The third-order valence-electron chi connectivity index (χ3n) is 2.68. The van der Waals surface area contributed by atoms with Gasteiger partial charge < -0.3 is 5.73 Å². The largest absolute Gasteiger partial charge is 0.393 e. The summed E-state index contributed by atoms with van der Waals surface area (Å²) in [5.74, 6) is -4.15. The van der Waals surface area contributed by atoms with Crippen molar-refractivity contribution in [3.63, 3.8) is 0 Å². The lowest BCUT2D eigenvalue weighted by molar-refractivity contribution is 0.356. The van der Waals surface area contributed by atoms with Gasteiger partial charge in [-0.1, -0.05) is 12.2 Å². The van der Waals surface area contributed by atoms with E-state index < -0.39 is 38.4 Å². The molecule has 9 heteroatoms. The first-order valence-corrected chi connectivity index (χ1v) is 7.87. The number of rotatable bonds is 6. The van der Waals surface area contributed by atoms with Crippen molar-refractivity contribution in [1.29, 1.82) is 0 Å². The van der Waals surface area contributed by atoms with Gasteiger partial charge in [-0.3, -0.25) is 0 Å². The molecule has 0 amide bonds. The minimum absolute atomic E-state index is 0.0666. The van der Waals surface area contributed by atoms with Gasteiger partial charge in [-0.05, 0) is 13.8 Å². The third kappa shape index (κ3) is 4.14. The average Bonchev–Trinajstić information content (AvgIpc) is 2.25. The van der Waals surface area contributed by atoms with Crippen molar-refractivity contribution in [1.82, 2.24) is 4.31 Å². The second-order valence-electron chi connectivity index (χ2n) is 4.62. The van der Waals surface area contributed by atoms with E-state index in [0.29, 0.717) is 12.1 Å². The number of benzene rings is 1. The van der Waals surface area contributed by atoms with Crippen LogP contribution in [0.3, 0.4) is 0 Å². The van der Waals surface area contributed by atoms with Crippen molar-refractivity contribution in [3.05, 3.63) is 29.6 Å². The highest BCUT2D eigenvalue weighted by atomic mass is 32.2. The van der Waals surface area contributed by atoms with Crippen molar-refractivity contribution in [2.75, 3.05) is 6.54 Å². The second kappa shape index (κ2) is 6.71. The number of hydrogen-bond acceptors (Lipinski definition) is 3. The summed E-state index contributed by atoms with van der Waals surface area (Å²) in [4.78, 5) is -1.10. The number of nitrogens with zero attached hydrogens (tertiary/aromatic N) is 1. The molecule has 0 aliphatic heterocycles. The predicted molar refractivity (Wildman–Crippen MR) is 76.7 cm³/mol. The molecule has 0 atom stereocenters. The molecule has 1 aromatic rings. The van der Waals surface area contributed by atoms with Crippen molar-refractivity contribution in [3.8, 4) is 0 Å². The van der Waals surface area contributed by atoms with Gasteiger partial charge in [0, 0.05) is 31.1 Å². The molecule has 0 aromatic heterocycles. The maximum absolute atomic E-state index is 13.7. The first-order valence-electron chi connectivity index (χ1n) is 6.02. The van der Waals surface area contributed by atoms with E-state index in [-0.39, 0.29) is 18.0 Å². The van der Waals surface area contributed by atoms with Crippen molar-refractivity contribution in [2.45, 2.75) is 31.2 Å². The van der Waals surface area contributed by atoms with Crippen LogP contribution in [0, 0.1) is 17.5 Å². The lowest BCUT2D eigenvalue weighted by Gasteiger charge is -2.26. The fourth-order valence-electron chi connectivity index (χ4n) is 1.77. The molecule has 1 aromatic carbocycles. The van der Waals surface area contributed by atoms with E-state index in [1.54, 1.807) is 0 Å². The summed E-state index contributed by atoms with van der Waals surface area (Å²) >= 11 is 4.67. The highest BCUT2D eigenvalue weighted by Crippen LogP contribution is 2.25. The average molecular weight is 340 g/mol. The molecular weight excluding hydrogens is 325 g/mol. The lowest BCUT2D eigenvalue weighted by Crippen LogP contribution is -2.39. The van der Waals surface area contributed by atoms with E-state index in [1.165, 1.54) is 13.8 Å². The van der Waals surface area contributed by atoms with Gasteiger partial charge in [-0.25, -0.2) is 21.6 Å². The molecule has 4 nitrogen and oxygen atoms in total. The highest BCUT2D eigenvalue weighted by Gasteiger charge is 2.32. The summed E-state index contributed by atoms with van der Waals surface area (Å²) in [6.07, 6.45) is 0.0666. The first kappa shape index (κ1) is 17.9. The van der Waals surface area contributed by atoms with Crippen LogP contribution in [0.15, 0.2) is 17.0 Å². The Kier molecular flexibility index (Phi) is 5.71. The van der Waals surface area contributed by atoms with Gasteiger partial charge in [-0.2, -0.15) is 4.31 Å². The summed E-state index contributed by atoms with van der Waals surface area (Å²) in [6.45, 7) is 2.96. The van der Waals surface area contributed by atoms with E-state index in [4.69, 9.17) is 5.73 Å². The molecule has 0 aliphatic rings. The Hall–Kier alpha value is -1.19. The third-order valence-corrected chi connectivity index (χ3v) is 5.02. The molecule has 0 saturated carbocycles. The van der Waals surface area contributed by atoms with Crippen LogP contribution in [0.5, 0.6) is 0 Å². The molecule has 2 N–H and O–H groups in total. The van der Waals surface area contributed by atoms with Crippen LogP contribution in [0.2, 0.25) is 0 Å². The number of halogens is 3. The van der Waals surface area contributed by atoms with Gasteiger partial charge in [-0.15, -0.1) is 0 Å². The molecule has 0 bridgehead atoms. The van der Waals surface area contributed by atoms with Gasteiger partial charge in [0.1, 0.15) is 17.5 Å². The number of sulfonamides is 1. The van der Waals surface area contributed by atoms with Gasteiger partial charge >= 0.3 is 0 Å². The van der Waals surface area contributed by atoms with Crippen LogP contribution in [-0.2, 0) is 10.0 Å². The van der Waals surface area contributed by atoms with Crippen molar-refractivity contribution >= 4 is 27.2 Å². The molecule has 0 fully saturated rings. The van der Waals surface area contributed by atoms with Crippen molar-refractivity contribution < 1.29 is 21.6 Å². The summed E-state index contributed by atoms with van der Waals surface area (Å²) in [5, 5.41) is 0. The summed E-state index contributed by atoms with van der Waals surface area (Å²) in [5.41, 5.74) is 5.31. The van der Waals surface area contributed by atoms with Crippen LogP contribution in [0.4, 0.5) is 13.2 Å². The monoisotopic (exact) mass is 340 g/mol. The Bertz CT molecular complexity index is 625. The molecule has 21 heavy (non-hydrogen) atoms. The van der Waals surface area contributed by atoms with Gasteiger partial charge in [0.15, 0.2) is 4.90 Å². The quantitative estimate of drug-likeness (QED) is 0.806. The predicted octanol–water partition coefficient (Wildman–Crippen LogP) is 2.18. The van der Waals surface area contributed by atoms with Crippen LogP contribution in [0.25, 0.3) is 0 Å². The van der Waals surface area contributed by atoms with Crippen molar-refractivity contribution in [2.24, 2.45) is 5.73 Å². The van der Waals surface area contributed by atoms with Gasteiger partial charge in [0.2, 0.25) is 10.0 Å². The molecule has 0 unspecified atom stereocenters. The van der Waals surface area contributed by atoms with E-state index in [0.717, 1.165) is 4.31 Å². The maximum atomic E-state index is 13.7. The van der Waals surface area contributed by atoms with Crippen LogP contribution < -0.4 is 5.73 Å². The molecular formula is C12H15F3N2O2S2. The Morgan fingerprint density at radius 2 is 1.76 bits per heavy atom. The zero-order valence-corrected chi connectivity index (χ0v) is 13.1. The van der Waals surface area contributed by atoms with E-state index >= 15 is 0 Å². The molecule has 0 saturated heterocycles. The smallest absolute Gasteiger partial charge is 0.249 e. The zero-order chi connectivity index (χ0) is 16.4. The van der Waals surface area contributed by atoms with Gasteiger partial charge in [0.05, 0.1) is 4.99 Å². The topological polar surface area (TPSA) is 63.4 Å². The lowest BCUT2D eigenvalue weighted by atomic mass is 10.3. The number of nitrogens with two attached hydrogens (primary N) is 1. The second-order valence-corrected chi connectivity index (χ2v) is 6.98.